The van der Waals surface area contributed by atoms with Gasteiger partial charge < -0.3 is 29.1 Å². The van der Waals surface area contributed by atoms with Crippen LogP contribution in [0.1, 0.15) is 98.7 Å². The van der Waals surface area contributed by atoms with Gasteiger partial charge in [0.25, 0.3) is 21.6 Å². The number of carbonyl (C=O) groups is 1. The van der Waals surface area contributed by atoms with Gasteiger partial charge in [-0.2, -0.15) is 0 Å². The first-order valence-corrected chi connectivity index (χ1v) is 24.5. The molecule has 3 aliphatic heterocycles. The van der Waals surface area contributed by atoms with E-state index in [0.717, 1.165) is 57.0 Å². The normalized spacial score (nSPS) is 19.8. The van der Waals surface area contributed by atoms with Crippen molar-refractivity contribution in [1.29, 1.82) is 0 Å². The Hall–Kier alpha value is -6.11. The number of amides is 1. The van der Waals surface area contributed by atoms with Crippen LogP contribution in [0.2, 0.25) is 0 Å². The van der Waals surface area contributed by atoms with Crippen LogP contribution in [0.25, 0.3) is 22.0 Å². The number of carbonyl (C=O) groups excluding carboxylic acids is 1. The predicted molar refractivity (Wildman–Crippen MR) is 249 cm³/mol. The number of aromatic nitrogens is 2. The van der Waals surface area contributed by atoms with Gasteiger partial charge in [-0.15, -0.1) is 0 Å². The van der Waals surface area contributed by atoms with Crippen molar-refractivity contribution >= 4 is 55.0 Å². The average molecular weight is 938 g/mol. The highest BCUT2D eigenvalue weighted by atomic mass is 32.2. The number of pyridine rings is 1. The van der Waals surface area contributed by atoms with Gasteiger partial charge >= 0.3 is 0 Å². The van der Waals surface area contributed by atoms with Crippen molar-refractivity contribution in [3.05, 3.63) is 112 Å². The molecule has 1 unspecified atom stereocenters. The van der Waals surface area contributed by atoms with Crippen molar-refractivity contribution < 1.29 is 40.8 Å². The third-order valence-electron chi connectivity index (χ3n) is 14.5. The number of anilines is 2. The third kappa shape index (κ3) is 8.59. The standard InChI is InChI=1S/C49H53F2N7O8S/c1-30(2)34-6-3-4-7-35(34)39-8-5-16-57(39)32-26-48(27-32)11-17-56(18-12-48)40-24-42(66-33-22-31-9-15-52-46(31)53-28-33)37(23-38(40)50)47(59)55-67(62,63)43-25-41(58(60)61)44(45-36(43)10-19-65-45)54-29-49(51)13-20-64-21-14-49/h3-4,6-7,9-10,15,19,22-25,28,30,32,39,54H,5,8,11-14,16-18,20-21,26-27,29H2,1-2H3,(H,52,53)(H,55,59). The summed E-state index contributed by atoms with van der Waals surface area (Å²) in [6, 6.07) is 17.6. The van der Waals surface area contributed by atoms with Crippen LogP contribution in [0.4, 0.5) is 25.8 Å². The van der Waals surface area contributed by atoms with Crippen LogP contribution in [0.5, 0.6) is 11.5 Å². The SMILES string of the molecule is CC(C)c1ccccc1C1CCCN1C1CC2(CCN(c3cc(Oc4cnc5[nH]ccc5c4)c(C(=O)NS(=O)(=O)c4cc([N+](=O)[O-])c(NCC5(F)CCOCC5)c5occc45)cc3F)CC2)C1. The maximum absolute atomic E-state index is 16.5. The molecule has 0 bridgehead atoms. The molecule has 4 fully saturated rings. The Bertz CT molecular complexity index is 2970. The van der Waals surface area contributed by atoms with E-state index in [9.17, 15) is 23.3 Å². The number of nitrogens with one attached hydrogen (secondary N) is 3. The van der Waals surface area contributed by atoms with Crippen LogP contribution in [-0.2, 0) is 14.8 Å². The molecular formula is C49H53F2N7O8S. The molecule has 6 heterocycles. The molecule has 1 spiro atoms. The van der Waals surface area contributed by atoms with Crippen LogP contribution >= 0.6 is 0 Å². The summed E-state index contributed by atoms with van der Waals surface area (Å²) in [5.74, 6) is -1.46. The fourth-order valence-corrected chi connectivity index (χ4v) is 12.1. The fraction of sp³-hybridized carbons (Fsp3) is 0.429. The Labute approximate surface area is 386 Å². The summed E-state index contributed by atoms with van der Waals surface area (Å²) in [5, 5.41) is 15.8. The Morgan fingerprint density at radius 1 is 1.06 bits per heavy atom. The van der Waals surface area contributed by atoms with E-state index in [4.69, 9.17) is 13.9 Å². The van der Waals surface area contributed by atoms with Crippen molar-refractivity contribution in [2.45, 2.75) is 93.8 Å². The van der Waals surface area contributed by atoms with Gasteiger partial charge in [-0.25, -0.2) is 26.9 Å². The second kappa shape index (κ2) is 17.5. The number of alkyl halides is 1. The second-order valence-electron chi connectivity index (χ2n) is 19.0. The van der Waals surface area contributed by atoms with Crippen molar-refractivity contribution in [2.24, 2.45) is 5.41 Å². The number of likely N-dealkylation sites (tertiary alicyclic amines) is 1. The van der Waals surface area contributed by atoms with E-state index in [1.54, 1.807) is 18.3 Å². The number of piperidine rings is 1. The first-order chi connectivity index (χ1) is 32.2. The summed E-state index contributed by atoms with van der Waals surface area (Å²) in [6.45, 7) is 6.78. The molecule has 352 valence electrons. The molecule has 6 aromatic rings. The number of hydrogen-bond donors (Lipinski definition) is 3. The number of nitro benzene ring substituents is 1. The first kappa shape index (κ1) is 44.7. The van der Waals surface area contributed by atoms with Gasteiger partial charge in [-0.3, -0.25) is 19.8 Å². The molecule has 0 radical (unpaired) electrons. The minimum atomic E-state index is -4.92. The number of halogens is 2. The smallest absolute Gasteiger partial charge is 0.297 e. The van der Waals surface area contributed by atoms with Crippen LogP contribution in [0, 0.1) is 21.3 Å². The molecule has 67 heavy (non-hydrogen) atoms. The Balaban J connectivity index is 0.896. The molecule has 15 nitrogen and oxygen atoms in total. The summed E-state index contributed by atoms with van der Waals surface area (Å²) in [5.41, 5.74) is 0.479. The van der Waals surface area contributed by atoms with Crippen LogP contribution in [0.15, 0.2) is 88.6 Å². The number of furan rings is 1. The molecule has 1 atom stereocenters. The quantitative estimate of drug-likeness (QED) is 0.0737. The third-order valence-corrected chi connectivity index (χ3v) is 15.9. The number of sulfonamides is 1. The topological polar surface area (TPSA) is 185 Å². The van der Waals surface area contributed by atoms with Gasteiger partial charge in [0.05, 0.1) is 28.6 Å². The summed E-state index contributed by atoms with van der Waals surface area (Å²) < 4.78 is 79.4. The van der Waals surface area contributed by atoms with Gasteiger partial charge in [-0.05, 0) is 91.8 Å². The number of H-pyrrole nitrogens is 1. The monoisotopic (exact) mass is 937 g/mol. The van der Waals surface area contributed by atoms with Gasteiger partial charge in [0.1, 0.15) is 33.5 Å². The Morgan fingerprint density at radius 3 is 2.60 bits per heavy atom. The zero-order chi connectivity index (χ0) is 46.7. The largest absolute Gasteiger partial charge is 0.462 e. The highest BCUT2D eigenvalue weighted by molar-refractivity contribution is 7.90. The summed E-state index contributed by atoms with van der Waals surface area (Å²) in [6.07, 6.45) is 10.6. The number of fused-ring (bicyclic) bond motifs is 2. The molecule has 4 aliphatic rings. The van der Waals surface area contributed by atoms with Crippen molar-refractivity contribution in [3.63, 3.8) is 0 Å². The number of ether oxygens (including phenoxy) is 2. The zero-order valence-corrected chi connectivity index (χ0v) is 38.2. The molecule has 1 aliphatic carbocycles. The molecule has 3 N–H and O–H groups in total. The van der Waals surface area contributed by atoms with E-state index in [-0.39, 0.29) is 71.9 Å². The van der Waals surface area contributed by atoms with E-state index < -0.39 is 48.5 Å². The lowest BCUT2D eigenvalue weighted by Gasteiger charge is -2.56. The fourth-order valence-electron chi connectivity index (χ4n) is 10.9. The lowest BCUT2D eigenvalue weighted by atomic mass is 9.59. The van der Waals surface area contributed by atoms with E-state index in [0.29, 0.717) is 42.1 Å². The number of nitrogens with zero attached hydrogens (tertiary/aromatic N) is 4. The molecule has 18 heteroatoms. The van der Waals surface area contributed by atoms with Crippen LogP contribution in [-0.4, -0.2) is 85.2 Å². The van der Waals surface area contributed by atoms with Crippen LogP contribution < -0.4 is 19.7 Å². The average Bonchev–Trinajstić information content (AvgIpc) is 4.10. The Kier molecular flexibility index (Phi) is 11.7. The van der Waals surface area contributed by atoms with Gasteiger partial charge in [0, 0.05) is 86.9 Å². The molecule has 3 aromatic carbocycles. The number of nitro groups is 1. The highest BCUT2D eigenvalue weighted by Gasteiger charge is 2.50. The van der Waals surface area contributed by atoms with E-state index in [2.05, 4.69) is 58.3 Å². The van der Waals surface area contributed by atoms with E-state index in [1.807, 2.05) is 9.62 Å². The van der Waals surface area contributed by atoms with Gasteiger partial charge in [0.15, 0.2) is 11.3 Å². The van der Waals surface area contributed by atoms with E-state index in [1.165, 1.54) is 35.9 Å². The second-order valence-corrected chi connectivity index (χ2v) is 20.6. The maximum atomic E-state index is 16.5. The number of hydrogen-bond acceptors (Lipinski definition) is 12. The Morgan fingerprint density at radius 2 is 1.84 bits per heavy atom. The molecule has 1 saturated carbocycles. The molecular weight excluding hydrogens is 885 g/mol. The highest BCUT2D eigenvalue weighted by Crippen LogP contribution is 2.54. The van der Waals surface area contributed by atoms with Crippen molar-refractivity contribution in [2.75, 3.05) is 49.6 Å². The molecule has 3 saturated heterocycles. The minimum absolute atomic E-state index is 0.0613. The lowest BCUT2D eigenvalue weighted by molar-refractivity contribution is -0.384. The molecule has 1 amide bonds. The maximum Gasteiger partial charge on any atom is 0.297 e. The lowest BCUT2D eigenvalue weighted by Crippen LogP contribution is -2.55. The van der Waals surface area contributed by atoms with E-state index >= 15 is 8.78 Å². The first-order valence-electron chi connectivity index (χ1n) is 23.0. The predicted octanol–water partition coefficient (Wildman–Crippen LogP) is 9.91. The number of benzene rings is 3. The van der Waals surface area contributed by atoms with Crippen molar-refractivity contribution in [3.8, 4) is 11.5 Å². The van der Waals surface area contributed by atoms with Gasteiger partial charge in [-0.1, -0.05) is 38.1 Å². The van der Waals surface area contributed by atoms with Crippen LogP contribution in [0.3, 0.4) is 0 Å². The minimum Gasteiger partial charge on any atom is -0.462 e. The molecule has 10 rings (SSSR count). The van der Waals surface area contributed by atoms with Gasteiger partial charge in [0.2, 0.25) is 0 Å². The number of aromatic amines is 1. The molecule has 3 aromatic heterocycles. The zero-order valence-electron chi connectivity index (χ0n) is 37.4. The summed E-state index contributed by atoms with van der Waals surface area (Å²) in [7, 11) is -4.92. The number of rotatable bonds is 13. The summed E-state index contributed by atoms with van der Waals surface area (Å²) >= 11 is 0. The summed E-state index contributed by atoms with van der Waals surface area (Å²) in [4.78, 5) is 37.1. The van der Waals surface area contributed by atoms with Crippen molar-refractivity contribution in [1.82, 2.24) is 19.6 Å².